The molecular formula is C10H11N5S. The molecule has 1 aliphatic carbocycles. The maximum atomic E-state index is 5.31. The van der Waals surface area contributed by atoms with Crippen LogP contribution >= 0.6 is 12.2 Å². The van der Waals surface area contributed by atoms with Crippen molar-refractivity contribution in [2.75, 3.05) is 0 Å². The van der Waals surface area contributed by atoms with Gasteiger partial charge in [0.25, 0.3) is 0 Å². The molecular weight excluding hydrogens is 222 g/mol. The molecule has 5 nitrogen and oxygen atoms in total. The molecule has 0 saturated heterocycles. The Bertz CT molecular complexity index is 557. The van der Waals surface area contributed by atoms with Crippen molar-refractivity contribution in [3.05, 3.63) is 22.2 Å². The summed E-state index contributed by atoms with van der Waals surface area (Å²) in [5, 5.41) is 6.60. The molecule has 0 saturated carbocycles. The van der Waals surface area contributed by atoms with E-state index in [1.54, 1.807) is 0 Å². The van der Waals surface area contributed by atoms with Crippen LogP contribution in [-0.2, 0) is 12.8 Å². The highest BCUT2D eigenvalue weighted by Gasteiger charge is 2.14. The molecule has 3 rings (SSSR count). The molecule has 0 atom stereocenters. The minimum absolute atomic E-state index is 0.638. The Hall–Kier alpha value is -1.56. The second-order valence-corrected chi connectivity index (χ2v) is 4.28. The molecule has 2 aromatic heterocycles. The van der Waals surface area contributed by atoms with Crippen LogP contribution in [0.15, 0.2) is 6.33 Å². The second kappa shape index (κ2) is 3.79. The van der Waals surface area contributed by atoms with Crippen LogP contribution in [0.1, 0.15) is 24.1 Å². The van der Waals surface area contributed by atoms with Crippen molar-refractivity contribution >= 4 is 12.2 Å². The van der Waals surface area contributed by atoms with Crippen LogP contribution < -0.4 is 0 Å². The first-order valence-corrected chi connectivity index (χ1v) is 5.73. The summed E-state index contributed by atoms with van der Waals surface area (Å²) in [7, 11) is 0. The fourth-order valence-electron chi connectivity index (χ4n) is 2.05. The largest absolute Gasteiger partial charge is 0.340 e. The molecule has 0 fully saturated rings. The van der Waals surface area contributed by atoms with Gasteiger partial charge in [0, 0.05) is 11.3 Å². The third kappa shape index (κ3) is 1.55. The van der Waals surface area contributed by atoms with Gasteiger partial charge < -0.3 is 4.98 Å². The smallest absolute Gasteiger partial charge is 0.191 e. The Kier molecular flexibility index (Phi) is 2.28. The zero-order valence-electron chi connectivity index (χ0n) is 8.66. The Labute approximate surface area is 97.4 Å². The van der Waals surface area contributed by atoms with Crippen molar-refractivity contribution in [3.63, 3.8) is 0 Å². The fraction of sp³-hybridized carbons (Fsp3) is 0.400. The molecule has 0 aliphatic heterocycles. The first kappa shape index (κ1) is 9.65. The summed E-state index contributed by atoms with van der Waals surface area (Å²) in [6.07, 6.45) is 5.95. The van der Waals surface area contributed by atoms with Gasteiger partial charge in [-0.1, -0.05) is 12.2 Å². The molecule has 2 N–H and O–H groups in total. The number of nitrogens with zero attached hydrogens (tertiary/aromatic N) is 3. The van der Waals surface area contributed by atoms with Gasteiger partial charge in [-0.15, -0.1) is 0 Å². The van der Waals surface area contributed by atoms with E-state index < -0.39 is 0 Å². The van der Waals surface area contributed by atoms with E-state index in [1.165, 1.54) is 30.4 Å². The topological polar surface area (TPSA) is 70.2 Å². The van der Waals surface area contributed by atoms with Crippen LogP contribution in [0.5, 0.6) is 0 Å². The van der Waals surface area contributed by atoms with E-state index in [2.05, 4.69) is 25.1 Å². The van der Waals surface area contributed by atoms with Crippen LogP contribution in [0.2, 0.25) is 0 Å². The normalized spacial score (nSPS) is 14.8. The van der Waals surface area contributed by atoms with Gasteiger partial charge in [0.05, 0.1) is 0 Å². The molecule has 2 heterocycles. The number of H-pyrrole nitrogens is 2. The first-order valence-electron chi connectivity index (χ1n) is 5.32. The summed E-state index contributed by atoms with van der Waals surface area (Å²) in [5.74, 6) is 1.32. The van der Waals surface area contributed by atoms with E-state index in [9.17, 15) is 0 Å². The van der Waals surface area contributed by atoms with Gasteiger partial charge in [0.2, 0.25) is 0 Å². The maximum absolute atomic E-state index is 5.31. The van der Waals surface area contributed by atoms with E-state index in [0.717, 1.165) is 12.8 Å². The van der Waals surface area contributed by atoms with Crippen molar-refractivity contribution in [2.24, 2.45) is 0 Å². The lowest BCUT2D eigenvalue weighted by atomic mass is 9.97. The number of fused-ring (bicyclic) bond motifs is 1. The molecule has 2 aromatic rings. The van der Waals surface area contributed by atoms with Crippen LogP contribution in [0.25, 0.3) is 11.6 Å². The van der Waals surface area contributed by atoms with E-state index in [-0.39, 0.29) is 0 Å². The maximum Gasteiger partial charge on any atom is 0.191 e. The molecule has 82 valence electrons. The van der Waals surface area contributed by atoms with Gasteiger partial charge in [0.15, 0.2) is 11.6 Å². The zero-order chi connectivity index (χ0) is 11.0. The van der Waals surface area contributed by atoms with E-state index >= 15 is 0 Å². The SMILES string of the molecule is S=c1nc(-c2ncn[nH]2)[nH]c2c1CCCC2. The average Bonchev–Trinajstić information content (AvgIpc) is 2.82. The Morgan fingerprint density at radius 1 is 1.19 bits per heavy atom. The Balaban J connectivity index is 2.16. The highest BCUT2D eigenvalue weighted by molar-refractivity contribution is 7.71. The van der Waals surface area contributed by atoms with Gasteiger partial charge in [0.1, 0.15) is 11.0 Å². The summed E-state index contributed by atoms with van der Waals surface area (Å²) in [4.78, 5) is 11.7. The van der Waals surface area contributed by atoms with Crippen molar-refractivity contribution in [1.29, 1.82) is 0 Å². The number of nitrogens with one attached hydrogen (secondary N) is 2. The lowest BCUT2D eigenvalue weighted by molar-refractivity contribution is 0.660. The predicted molar refractivity (Wildman–Crippen MR) is 61.4 cm³/mol. The Morgan fingerprint density at radius 3 is 2.88 bits per heavy atom. The molecule has 6 heteroatoms. The zero-order valence-corrected chi connectivity index (χ0v) is 9.47. The summed E-state index contributed by atoms with van der Waals surface area (Å²) in [6, 6.07) is 0. The molecule has 0 aromatic carbocycles. The van der Waals surface area contributed by atoms with Gasteiger partial charge in [-0.25, -0.2) is 9.97 Å². The summed E-state index contributed by atoms with van der Waals surface area (Å²) in [5.41, 5.74) is 2.40. The summed E-state index contributed by atoms with van der Waals surface area (Å²) in [6.45, 7) is 0. The van der Waals surface area contributed by atoms with Gasteiger partial charge in [-0.3, -0.25) is 5.10 Å². The Morgan fingerprint density at radius 2 is 2.06 bits per heavy atom. The van der Waals surface area contributed by atoms with Crippen LogP contribution in [-0.4, -0.2) is 25.1 Å². The van der Waals surface area contributed by atoms with E-state index in [0.29, 0.717) is 16.3 Å². The van der Waals surface area contributed by atoms with Crippen LogP contribution in [0.3, 0.4) is 0 Å². The molecule has 0 spiro atoms. The van der Waals surface area contributed by atoms with Gasteiger partial charge >= 0.3 is 0 Å². The summed E-state index contributed by atoms with van der Waals surface area (Å²) < 4.78 is 0.694. The number of hydrogen-bond acceptors (Lipinski definition) is 4. The fourth-order valence-corrected chi connectivity index (χ4v) is 2.37. The standard InChI is InChI=1S/C10H11N5S/c16-10-6-3-1-2-4-7(6)13-9(14-10)8-11-5-12-15-8/h5H,1-4H2,(H,11,12,15)(H,13,14,16). The minimum Gasteiger partial charge on any atom is -0.340 e. The molecule has 16 heavy (non-hydrogen) atoms. The molecule has 0 unspecified atom stereocenters. The van der Waals surface area contributed by atoms with Crippen molar-refractivity contribution in [3.8, 4) is 11.6 Å². The van der Waals surface area contributed by atoms with Crippen molar-refractivity contribution < 1.29 is 0 Å². The predicted octanol–water partition coefficient (Wildman–Crippen LogP) is 1.80. The number of aromatic amines is 2. The lowest BCUT2D eigenvalue weighted by Gasteiger charge is -2.15. The van der Waals surface area contributed by atoms with Gasteiger partial charge in [-0.2, -0.15) is 5.10 Å². The minimum atomic E-state index is 0.638. The molecule has 0 amide bonds. The highest BCUT2D eigenvalue weighted by Crippen LogP contribution is 2.21. The first-order chi connectivity index (χ1) is 7.84. The van der Waals surface area contributed by atoms with E-state index in [4.69, 9.17) is 12.2 Å². The van der Waals surface area contributed by atoms with Crippen molar-refractivity contribution in [1.82, 2.24) is 25.1 Å². The lowest BCUT2D eigenvalue weighted by Crippen LogP contribution is -2.09. The molecule has 1 aliphatic rings. The van der Waals surface area contributed by atoms with Gasteiger partial charge in [-0.05, 0) is 25.7 Å². The van der Waals surface area contributed by atoms with Crippen LogP contribution in [0.4, 0.5) is 0 Å². The average molecular weight is 233 g/mol. The molecule has 0 radical (unpaired) electrons. The van der Waals surface area contributed by atoms with Crippen molar-refractivity contribution in [2.45, 2.75) is 25.7 Å². The second-order valence-electron chi connectivity index (χ2n) is 3.89. The van der Waals surface area contributed by atoms with E-state index in [1.807, 2.05) is 0 Å². The summed E-state index contributed by atoms with van der Waals surface area (Å²) >= 11 is 5.31. The third-order valence-corrected chi connectivity index (χ3v) is 3.19. The number of aromatic nitrogens is 5. The van der Waals surface area contributed by atoms with Crippen LogP contribution in [0, 0.1) is 4.64 Å². The number of aryl methyl sites for hydroxylation is 1. The molecule has 0 bridgehead atoms. The number of hydrogen-bond donors (Lipinski definition) is 2. The third-order valence-electron chi connectivity index (χ3n) is 2.85. The quantitative estimate of drug-likeness (QED) is 0.737. The monoisotopic (exact) mass is 233 g/mol. The highest BCUT2D eigenvalue weighted by atomic mass is 32.1. The number of rotatable bonds is 1.